The van der Waals surface area contributed by atoms with Crippen molar-refractivity contribution in [3.8, 4) is 0 Å². The molecule has 0 aliphatic rings. The molecular weight excluding hydrogens is 212 g/mol. The molecule has 3 heteroatoms. The molecule has 1 amide bonds. The minimum absolute atomic E-state index is 0.196. The normalized spacial score (nSPS) is 10.3. The molecule has 0 unspecified atom stereocenters. The highest BCUT2D eigenvalue weighted by Crippen LogP contribution is 2.07. The van der Waals surface area contributed by atoms with Crippen LogP contribution in [-0.4, -0.2) is 30.4 Å². The van der Waals surface area contributed by atoms with Gasteiger partial charge in [0.1, 0.15) is 0 Å². The third-order valence-corrected chi connectivity index (χ3v) is 2.93. The zero-order valence-corrected chi connectivity index (χ0v) is 10.8. The van der Waals surface area contributed by atoms with Crippen molar-refractivity contribution in [1.29, 1.82) is 0 Å². The second-order valence-electron chi connectivity index (χ2n) is 4.10. The second-order valence-corrected chi connectivity index (χ2v) is 4.10. The number of hydrogen-bond donors (Lipinski definition) is 1. The molecule has 0 saturated heterocycles. The van der Waals surface area contributed by atoms with Crippen LogP contribution in [0.1, 0.15) is 25.0 Å². The van der Waals surface area contributed by atoms with E-state index < -0.39 is 0 Å². The molecule has 0 heterocycles. The van der Waals surface area contributed by atoms with Crippen molar-refractivity contribution in [3.63, 3.8) is 0 Å². The van der Waals surface area contributed by atoms with Crippen LogP contribution in [0.15, 0.2) is 24.3 Å². The van der Waals surface area contributed by atoms with Gasteiger partial charge >= 0.3 is 0 Å². The van der Waals surface area contributed by atoms with E-state index >= 15 is 0 Å². The number of nitrogens with two attached hydrogens (primary N) is 1. The first-order valence-corrected chi connectivity index (χ1v) is 6.26. The minimum Gasteiger partial charge on any atom is -0.343 e. The van der Waals surface area contributed by atoms with Crippen LogP contribution in [0, 0.1) is 0 Å². The number of amides is 1. The minimum atomic E-state index is 0.196. The summed E-state index contributed by atoms with van der Waals surface area (Å²) in [6, 6.07) is 8.15. The molecule has 0 fully saturated rings. The van der Waals surface area contributed by atoms with Crippen molar-refractivity contribution in [2.45, 2.75) is 26.7 Å². The van der Waals surface area contributed by atoms with E-state index in [0.29, 0.717) is 13.0 Å². The van der Waals surface area contributed by atoms with Gasteiger partial charge in [0.2, 0.25) is 5.91 Å². The van der Waals surface area contributed by atoms with Crippen LogP contribution in [-0.2, 0) is 17.6 Å². The molecule has 17 heavy (non-hydrogen) atoms. The van der Waals surface area contributed by atoms with E-state index in [0.717, 1.165) is 25.1 Å². The number of carbonyl (C=O) groups is 1. The van der Waals surface area contributed by atoms with E-state index in [9.17, 15) is 4.79 Å². The molecular formula is C14H22N2O. The summed E-state index contributed by atoms with van der Waals surface area (Å²) >= 11 is 0. The smallest absolute Gasteiger partial charge is 0.226 e. The fourth-order valence-electron chi connectivity index (χ4n) is 1.85. The average Bonchev–Trinajstić information content (AvgIpc) is 2.33. The number of carbonyl (C=O) groups excluding carboxylic acids is 1. The summed E-state index contributed by atoms with van der Waals surface area (Å²) in [5.74, 6) is 0.196. The summed E-state index contributed by atoms with van der Waals surface area (Å²) in [5.41, 5.74) is 7.79. The van der Waals surface area contributed by atoms with Gasteiger partial charge in [0.05, 0.1) is 6.42 Å². The molecule has 0 saturated carbocycles. The van der Waals surface area contributed by atoms with E-state index in [1.165, 1.54) is 5.56 Å². The highest BCUT2D eigenvalue weighted by molar-refractivity contribution is 5.78. The summed E-state index contributed by atoms with van der Waals surface area (Å²) in [5, 5.41) is 0. The molecule has 2 N–H and O–H groups in total. The van der Waals surface area contributed by atoms with Gasteiger partial charge in [0, 0.05) is 13.1 Å². The van der Waals surface area contributed by atoms with Gasteiger partial charge in [-0.1, -0.05) is 24.3 Å². The van der Waals surface area contributed by atoms with E-state index in [-0.39, 0.29) is 5.91 Å². The fraction of sp³-hybridized carbons (Fsp3) is 0.500. The predicted octanol–water partition coefficient (Wildman–Crippen LogP) is 1.60. The maximum absolute atomic E-state index is 11.9. The van der Waals surface area contributed by atoms with Crippen molar-refractivity contribution in [2.24, 2.45) is 5.73 Å². The Labute approximate surface area is 104 Å². The standard InChI is InChI=1S/C14H22N2O/c1-3-16(4-2)14(17)11-13-7-5-12(6-8-13)9-10-15/h5-8H,3-4,9-11,15H2,1-2H3. The lowest BCUT2D eigenvalue weighted by Crippen LogP contribution is -2.31. The summed E-state index contributed by atoms with van der Waals surface area (Å²) < 4.78 is 0. The molecule has 0 atom stereocenters. The molecule has 1 rings (SSSR count). The topological polar surface area (TPSA) is 46.3 Å². The Morgan fingerprint density at radius 2 is 1.65 bits per heavy atom. The van der Waals surface area contributed by atoms with Gasteiger partial charge < -0.3 is 10.6 Å². The van der Waals surface area contributed by atoms with Crippen molar-refractivity contribution in [1.82, 2.24) is 4.90 Å². The molecule has 94 valence electrons. The SMILES string of the molecule is CCN(CC)C(=O)Cc1ccc(CCN)cc1. The third kappa shape index (κ3) is 4.19. The Morgan fingerprint density at radius 1 is 1.12 bits per heavy atom. The lowest BCUT2D eigenvalue weighted by atomic mass is 10.1. The Hall–Kier alpha value is -1.35. The summed E-state index contributed by atoms with van der Waals surface area (Å²) in [6.07, 6.45) is 1.38. The van der Waals surface area contributed by atoms with Crippen LogP contribution in [0.5, 0.6) is 0 Å². The number of rotatable bonds is 6. The first-order chi connectivity index (χ1) is 8.21. The van der Waals surface area contributed by atoms with Gasteiger partial charge in [-0.2, -0.15) is 0 Å². The maximum atomic E-state index is 11.9. The quantitative estimate of drug-likeness (QED) is 0.812. The Kier molecular flexibility index (Phi) is 5.70. The van der Waals surface area contributed by atoms with Crippen LogP contribution < -0.4 is 5.73 Å². The van der Waals surface area contributed by atoms with Crippen LogP contribution in [0.2, 0.25) is 0 Å². The Morgan fingerprint density at radius 3 is 2.12 bits per heavy atom. The van der Waals surface area contributed by atoms with Crippen LogP contribution in [0.25, 0.3) is 0 Å². The predicted molar refractivity (Wildman–Crippen MR) is 70.8 cm³/mol. The van der Waals surface area contributed by atoms with E-state index in [1.54, 1.807) is 0 Å². The van der Waals surface area contributed by atoms with Gasteiger partial charge in [-0.15, -0.1) is 0 Å². The van der Waals surface area contributed by atoms with Crippen LogP contribution in [0.4, 0.5) is 0 Å². The number of likely N-dealkylation sites (N-methyl/N-ethyl adjacent to an activating group) is 1. The Bertz CT molecular complexity index is 342. The third-order valence-electron chi connectivity index (χ3n) is 2.93. The monoisotopic (exact) mass is 234 g/mol. The molecule has 0 bridgehead atoms. The highest BCUT2D eigenvalue weighted by Gasteiger charge is 2.09. The summed E-state index contributed by atoms with van der Waals surface area (Å²) in [4.78, 5) is 13.7. The molecule has 0 radical (unpaired) electrons. The average molecular weight is 234 g/mol. The largest absolute Gasteiger partial charge is 0.343 e. The zero-order chi connectivity index (χ0) is 12.7. The highest BCUT2D eigenvalue weighted by atomic mass is 16.2. The van der Waals surface area contributed by atoms with Crippen LogP contribution in [0.3, 0.4) is 0 Å². The van der Waals surface area contributed by atoms with Gasteiger partial charge in [0.25, 0.3) is 0 Å². The second kappa shape index (κ2) is 7.07. The van der Waals surface area contributed by atoms with Gasteiger partial charge in [0.15, 0.2) is 0 Å². The maximum Gasteiger partial charge on any atom is 0.226 e. The van der Waals surface area contributed by atoms with Crippen molar-refractivity contribution >= 4 is 5.91 Å². The van der Waals surface area contributed by atoms with E-state index in [1.807, 2.05) is 30.9 Å². The Balaban J connectivity index is 2.59. The number of nitrogens with zero attached hydrogens (tertiary/aromatic N) is 1. The number of benzene rings is 1. The van der Waals surface area contributed by atoms with Gasteiger partial charge in [-0.3, -0.25) is 4.79 Å². The van der Waals surface area contributed by atoms with Crippen molar-refractivity contribution in [3.05, 3.63) is 35.4 Å². The van der Waals surface area contributed by atoms with E-state index in [2.05, 4.69) is 12.1 Å². The van der Waals surface area contributed by atoms with E-state index in [4.69, 9.17) is 5.73 Å². The summed E-state index contributed by atoms with van der Waals surface area (Å²) in [7, 11) is 0. The lowest BCUT2D eigenvalue weighted by Gasteiger charge is -2.18. The molecule has 1 aromatic carbocycles. The molecule has 3 nitrogen and oxygen atoms in total. The summed E-state index contributed by atoms with van der Waals surface area (Å²) in [6.45, 7) is 6.23. The first kappa shape index (κ1) is 13.7. The van der Waals surface area contributed by atoms with Crippen molar-refractivity contribution < 1.29 is 4.79 Å². The zero-order valence-electron chi connectivity index (χ0n) is 10.8. The first-order valence-electron chi connectivity index (χ1n) is 6.26. The molecule has 0 spiro atoms. The van der Waals surface area contributed by atoms with Gasteiger partial charge in [-0.05, 0) is 37.9 Å². The molecule has 0 aliphatic carbocycles. The van der Waals surface area contributed by atoms with Crippen LogP contribution >= 0.6 is 0 Å². The fourth-order valence-corrected chi connectivity index (χ4v) is 1.85. The number of hydrogen-bond acceptors (Lipinski definition) is 2. The van der Waals surface area contributed by atoms with Crippen molar-refractivity contribution in [2.75, 3.05) is 19.6 Å². The van der Waals surface area contributed by atoms with Gasteiger partial charge in [-0.25, -0.2) is 0 Å². The molecule has 0 aliphatic heterocycles. The molecule has 0 aromatic heterocycles. The molecule has 1 aromatic rings. The lowest BCUT2D eigenvalue weighted by molar-refractivity contribution is -0.130.